The first-order chi connectivity index (χ1) is 7.60. The van der Waals surface area contributed by atoms with Crippen molar-refractivity contribution in [2.45, 2.75) is 66.4 Å². The third-order valence-corrected chi connectivity index (χ3v) is 2.09. The standard InChI is InChI=1S/C14H28O3/c1-13(2,3)9-11-16-10-7-8-12(15)17-14(4,5)6/h7-11H2,1-6H3. The van der Waals surface area contributed by atoms with E-state index in [4.69, 9.17) is 9.47 Å². The molecule has 0 aliphatic rings. The smallest absolute Gasteiger partial charge is 0.306 e. The summed E-state index contributed by atoms with van der Waals surface area (Å²) in [6.07, 6.45) is 2.21. The number of esters is 1. The van der Waals surface area contributed by atoms with Gasteiger partial charge in [-0.2, -0.15) is 0 Å². The van der Waals surface area contributed by atoms with E-state index in [2.05, 4.69) is 20.8 Å². The molecule has 3 nitrogen and oxygen atoms in total. The molecule has 0 aromatic rings. The number of rotatable bonds is 6. The van der Waals surface area contributed by atoms with Crippen LogP contribution in [-0.4, -0.2) is 24.8 Å². The summed E-state index contributed by atoms with van der Waals surface area (Å²) < 4.78 is 10.7. The van der Waals surface area contributed by atoms with Gasteiger partial charge in [-0.25, -0.2) is 0 Å². The van der Waals surface area contributed by atoms with E-state index in [0.717, 1.165) is 19.4 Å². The van der Waals surface area contributed by atoms with Crippen molar-refractivity contribution < 1.29 is 14.3 Å². The van der Waals surface area contributed by atoms with Gasteiger partial charge in [-0.3, -0.25) is 4.79 Å². The molecule has 17 heavy (non-hydrogen) atoms. The predicted molar refractivity (Wildman–Crippen MR) is 70.0 cm³/mol. The Balaban J connectivity index is 3.44. The van der Waals surface area contributed by atoms with E-state index < -0.39 is 0 Å². The summed E-state index contributed by atoms with van der Waals surface area (Å²) in [5, 5.41) is 0. The summed E-state index contributed by atoms with van der Waals surface area (Å²) in [7, 11) is 0. The highest BCUT2D eigenvalue weighted by molar-refractivity contribution is 5.69. The van der Waals surface area contributed by atoms with Gasteiger partial charge < -0.3 is 9.47 Å². The molecule has 0 saturated carbocycles. The fraction of sp³-hybridized carbons (Fsp3) is 0.929. The average molecular weight is 244 g/mol. The fourth-order valence-electron chi connectivity index (χ4n) is 1.19. The second-order valence-corrected chi connectivity index (χ2v) is 6.61. The summed E-state index contributed by atoms with van der Waals surface area (Å²) in [5.74, 6) is -0.142. The maximum Gasteiger partial charge on any atom is 0.306 e. The highest BCUT2D eigenvalue weighted by Gasteiger charge is 2.15. The van der Waals surface area contributed by atoms with Crippen molar-refractivity contribution in [2.75, 3.05) is 13.2 Å². The van der Waals surface area contributed by atoms with Crippen LogP contribution in [-0.2, 0) is 14.3 Å². The van der Waals surface area contributed by atoms with E-state index >= 15 is 0 Å². The normalized spacial score (nSPS) is 12.6. The van der Waals surface area contributed by atoms with Gasteiger partial charge in [0, 0.05) is 19.6 Å². The van der Waals surface area contributed by atoms with Gasteiger partial charge in [0.1, 0.15) is 5.60 Å². The van der Waals surface area contributed by atoms with E-state index in [1.807, 2.05) is 20.8 Å². The first-order valence-corrected chi connectivity index (χ1v) is 6.40. The highest BCUT2D eigenvalue weighted by atomic mass is 16.6. The van der Waals surface area contributed by atoms with Crippen LogP contribution in [0.25, 0.3) is 0 Å². The second-order valence-electron chi connectivity index (χ2n) is 6.61. The van der Waals surface area contributed by atoms with Crippen molar-refractivity contribution in [2.24, 2.45) is 5.41 Å². The van der Waals surface area contributed by atoms with Crippen LogP contribution in [0.2, 0.25) is 0 Å². The molecular weight excluding hydrogens is 216 g/mol. The third kappa shape index (κ3) is 13.4. The van der Waals surface area contributed by atoms with Gasteiger partial charge in [0.25, 0.3) is 0 Å². The molecule has 0 atom stereocenters. The molecule has 0 fully saturated rings. The minimum atomic E-state index is -0.385. The van der Waals surface area contributed by atoms with Crippen LogP contribution in [0.4, 0.5) is 0 Å². The molecule has 0 aromatic heterocycles. The molecule has 0 heterocycles. The average Bonchev–Trinajstić information content (AvgIpc) is 2.06. The lowest BCUT2D eigenvalue weighted by atomic mass is 9.93. The highest BCUT2D eigenvalue weighted by Crippen LogP contribution is 2.18. The molecule has 102 valence electrons. The lowest BCUT2D eigenvalue weighted by Crippen LogP contribution is -2.23. The Labute approximate surface area is 106 Å². The first-order valence-electron chi connectivity index (χ1n) is 6.40. The summed E-state index contributed by atoms with van der Waals surface area (Å²) in [4.78, 5) is 11.4. The number of hydrogen-bond donors (Lipinski definition) is 0. The molecular formula is C14H28O3. The third-order valence-electron chi connectivity index (χ3n) is 2.09. The number of ether oxygens (including phenoxy) is 2. The maximum absolute atomic E-state index is 11.4. The lowest BCUT2D eigenvalue weighted by Gasteiger charge is -2.19. The molecule has 0 saturated heterocycles. The first kappa shape index (κ1) is 16.4. The Morgan fingerprint density at radius 2 is 1.59 bits per heavy atom. The molecule has 0 aliphatic heterocycles. The van der Waals surface area contributed by atoms with Gasteiger partial charge in [0.2, 0.25) is 0 Å². The Morgan fingerprint density at radius 1 is 1.00 bits per heavy atom. The van der Waals surface area contributed by atoms with Crippen molar-refractivity contribution in [3.8, 4) is 0 Å². The monoisotopic (exact) mass is 244 g/mol. The lowest BCUT2D eigenvalue weighted by molar-refractivity contribution is -0.155. The van der Waals surface area contributed by atoms with E-state index in [0.29, 0.717) is 18.4 Å². The number of carbonyl (C=O) groups is 1. The van der Waals surface area contributed by atoms with Gasteiger partial charge in [-0.15, -0.1) is 0 Å². The van der Waals surface area contributed by atoms with Crippen LogP contribution in [0.15, 0.2) is 0 Å². The van der Waals surface area contributed by atoms with Gasteiger partial charge in [-0.1, -0.05) is 20.8 Å². The Bertz CT molecular complexity index is 221. The molecule has 0 aliphatic carbocycles. The van der Waals surface area contributed by atoms with Gasteiger partial charge >= 0.3 is 5.97 Å². The predicted octanol–water partition coefficient (Wildman–Crippen LogP) is 3.56. The minimum Gasteiger partial charge on any atom is -0.460 e. The van der Waals surface area contributed by atoms with Crippen LogP contribution in [0, 0.1) is 5.41 Å². The topological polar surface area (TPSA) is 35.5 Å². The number of hydrogen-bond acceptors (Lipinski definition) is 3. The van der Waals surface area contributed by atoms with Crippen molar-refractivity contribution in [3.63, 3.8) is 0 Å². The molecule has 0 rings (SSSR count). The van der Waals surface area contributed by atoms with Gasteiger partial charge in [0.15, 0.2) is 0 Å². The summed E-state index contributed by atoms with van der Waals surface area (Å²) in [6.45, 7) is 13.6. The Morgan fingerprint density at radius 3 is 2.06 bits per heavy atom. The summed E-state index contributed by atoms with van der Waals surface area (Å²) in [6, 6.07) is 0. The fourth-order valence-corrected chi connectivity index (χ4v) is 1.19. The molecule has 0 spiro atoms. The molecule has 0 radical (unpaired) electrons. The largest absolute Gasteiger partial charge is 0.460 e. The van der Waals surface area contributed by atoms with E-state index in [1.165, 1.54) is 0 Å². The van der Waals surface area contributed by atoms with Crippen LogP contribution < -0.4 is 0 Å². The molecule has 0 amide bonds. The van der Waals surface area contributed by atoms with Crippen molar-refractivity contribution in [1.29, 1.82) is 0 Å². The second kappa shape index (κ2) is 7.00. The van der Waals surface area contributed by atoms with Gasteiger partial charge in [0.05, 0.1) is 0 Å². The van der Waals surface area contributed by atoms with E-state index in [-0.39, 0.29) is 11.6 Å². The van der Waals surface area contributed by atoms with Crippen LogP contribution >= 0.6 is 0 Å². The molecule has 3 heteroatoms. The number of carbonyl (C=O) groups excluding carboxylic acids is 1. The molecule has 0 aromatic carbocycles. The Hall–Kier alpha value is -0.570. The molecule has 0 N–H and O–H groups in total. The summed E-state index contributed by atoms with van der Waals surface area (Å²) >= 11 is 0. The van der Waals surface area contributed by atoms with E-state index in [1.54, 1.807) is 0 Å². The zero-order valence-corrected chi connectivity index (χ0v) is 12.3. The zero-order valence-electron chi connectivity index (χ0n) is 12.3. The zero-order chi connectivity index (χ0) is 13.5. The molecule has 0 bridgehead atoms. The SMILES string of the molecule is CC(C)(C)CCOCCCC(=O)OC(C)(C)C. The maximum atomic E-state index is 11.4. The van der Waals surface area contributed by atoms with Crippen molar-refractivity contribution >= 4 is 5.97 Å². The summed E-state index contributed by atoms with van der Waals surface area (Å²) in [5.41, 5.74) is -0.0741. The molecule has 0 unspecified atom stereocenters. The minimum absolute atomic E-state index is 0.142. The quantitative estimate of drug-likeness (QED) is 0.529. The Kier molecular flexibility index (Phi) is 6.76. The van der Waals surface area contributed by atoms with Crippen molar-refractivity contribution in [3.05, 3.63) is 0 Å². The van der Waals surface area contributed by atoms with E-state index in [9.17, 15) is 4.79 Å². The van der Waals surface area contributed by atoms with Crippen LogP contribution in [0.5, 0.6) is 0 Å². The van der Waals surface area contributed by atoms with Crippen LogP contribution in [0.1, 0.15) is 60.8 Å². The van der Waals surface area contributed by atoms with Crippen molar-refractivity contribution in [1.82, 2.24) is 0 Å². The van der Waals surface area contributed by atoms with Gasteiger partial charge in [-0.05, 0) is 39.0 Å². The van der Waals surface area contributed by atoms with Crippen LogP contribution in [0.3, 0.4) is 0 Å².